The smallest absolute Gasteiger partial charge is 0.0624 e. The Bertz CT molecular complexity index is 408. The Hall–Kier alpha value is -0.870. The van der Waals surface area contributed by atoms with E-state index in [0.717, 1.165) is 38.6 Å². The van der Waals surface area contributed by atoms with Crippen LogP contribution in [0.4, 0.5) is 0 Å². The molecule has 0 amide bonds. The zero-order valence-electron chi connectivity index (χ0n) is 14.4. The van der Waals surface area contributed by atoms with Crippen LogP contribution in [0.2, 0.25) is 0 Å². The van der Waals surface area contributed by atoms with Gasteiger partial charge in [0.15, 0.2) is 0 Å². The Balaban J connectivity index is 2.63. The fourth-order valence-corrected chi connectivity index (χ4v) is 2.93. The first kappa shape index (κ1) is 18.2. The van der Waals surface area contributed by atoms with Crippen LogP contribution in [0.15, 0.2) is 6.07 Å². The van der Waals surface area contributed by atoms with Crippen molar-refractivity contribution in [2.75, 3.05) is 6.61 Å². The van der Waals surface area contributed by atoms with E-state index < -0.39 is 0 Å². The molecule has 0 fully saturated rings. The molecule has 0 bridgehead atoms. The molecule has 0 aliphatic heterocycles. The Labute approximate surface area is 129 Å². The van der Waals surface area contributed by atoms with E-state index in [-0.39, 0.29) is 12.1 Å². The maximum absolute atomic E-state index is 9.78. The maximum Gasteiger partial charge on any atom is 0.0624 e. The van der Waals surface area contributed by atoms with Crippen LogP contribution in [0.25, 0.3) is 0 Å². The monoisotopic (exact) mass is 295 g/mol. The largest absolute Gasteiger partial charge is 0.394 e. The molecule has 2 N–H and O–H groups in total. The van der Waals surface area contributed by atoms with Crippen molar-refractivity contribution in [2.24, 2.45) is 0 Å². The molecule has 0 aliphatic carbocycles. The molecule has 0 aliphatic rings. The summed E-state index contributed by atoms with van der Waals surface area (Å²) in [5.41, 5.74) is 2.34. The number of aliphatic hydroxyl groups excluding tert-OH is 1. The molecular weight excluding hydrogens is 262 g/mol. The second kappa shape index (κ2) is 8.54. The second-order valence-electron chi connectivity index (χ2n) is 6.25. The highest BCUT2D eigenvalue weighted by Crippen LogP contribution is 2.19. The SMILES string of the molecule is CCc1cc(CC)n(CCCC(CC)(CO)NC(C)C)n1. The first-order valence-electron chi connectivity index (χ1n) is 8.44. The minimum Gasteiger partial charge on any atom is -0.394 e. The summed E-state index contributed by atoms with van der Waals surface area (Å²) in [6, 6.07) is 2.60. The van der Waals surface area contributed by atoms with Crippen LogP contribution in [-0.2, 0) is 19.4 Å². The average Bonchev–Trinajstić information content (AvgIpc) is 2.88. The third kappa shape index (κ3) is 5.11. The van der Waals surface area contributed by atoms with Crippen molar-refractivity contribution in [3.05, 3.63) is 17.5 Å². The molecule has 1 atom stereocenters. The summed E-state index contributed by atoms with van der Waals surface area (Å²) < 4.78 is 2.14. The number of hydrogen-bond acceptors (Lipinski definition) is 3. The van der Waals surface area contributed by atoms with Crippen molar-refractivity contribution < 1.29 is 5.11 Å². The molecule has 1 aromatic heterocycles. The van der Waals surface area contributed by atoms with Gasteiger partial charge in [0.05, 0.1) is 12.3 Å². The summed E-state index contributed by atoms with van der Waals surface area (Å²) in [4.78, 5) is 0. The first-order chi connectivity index (χ1) is 10.00. The Morgan fingerprint density at radius 3 is 2.48 bits per heavy atom. The molecule has 0 saturated heterocycles. The van der Waals surface area contributed by atoms with Crippen LogP contribution in [0, 0.1) is 0 Å². The van der Waals surface area contributed by atoms with Crippen molar-refractivity contribution in [1.29, 1.82) is 0 Å². The van der Waals surface area contributed by atoms with E-state index in [2.05, 4.69) is 55.8 Å². The van der Waals surface area contributed by atoms with Crippen molar-refractivity contribution in [3.8, 4) is 0 Å². The lowest BCUT2D eigenvalue weighted by molar-refractivity contribution is 0.133. The topological polar surface area (TPSA) is 50.1 Å². The van der Waals surface area contributed by atoms with Crippen LogP contribution < -0.4 is 5.32 Å². The second-order valence-corrected chi connectivity index (χ2v) is 6.25. The summed E-state index contributed by atoms with van der Waals surface area (Å²) in [6.45, 7) is 11.9. The number of aromatic nitrogens is 2. The van der Waals surface area contributed by atoms with Gasteiger partial charge in [-0.2, -0.15) is 5.10 Å². The van der Waals surface area contributed by atoms with Crippen LogP contribution in [0.1, 0.15) is 65.3 Å². The van der Waals surface area contributed by atoms with Gasteiger partial charge in [0.25, 0.3) is 0 Å². The molecule has 0 radical (unpaired) electrons. The van der Waals surface area contributed by atoms with Crippen molar-refractivity contribution in [1.82, 2.24) is 15.1 Å². The maximum atomic E-state index is 9.78. The molecule has 1 heterocycles. The van der Waals surface area contributed by atoms with Crippen LogP contribution in [-0.4, -0.2) is 33.1 Å². The predicted octanol–water partition coefficient (Wildman–Crippen LogP) is 2.93. The van der Waals surface area contributed by atoms with E-state index in [4.69, 9.17) is 0 Å². The number of nitrogens with one attached hydrogen (secondary N) is 1. The fraction of sp³-hybridized carbons (Fsp3) is 0.824. The summed E-state index contributed by atoms with van der Waals surface area (Å²) in [7, 11) is 0. The van der Waals surface area contributed by atoms with Crippen LogP contribution >= 0.6 is 0 Å². The molecule has 4 heteroatoms. The van der Waals surface area contributed by atoms with E-state index in [1.165, 1.54) is 11.4 Å². The lowest BCUT2D eigenvalue weighted by Crippen LogP contribution is -2.51. The quantitative estimate of drug-likeness (QED) is 0.698. The standard InChI is InChI=1S/C17H33N3O/c1-6-15-12-16(7-2)20(19-15)11-9-10-17(8-3,13-21)18-14(4)5/h12,14,18,21H,6-11,13H2,1-5H3. The van der Waals surface area contributed by atoms with E-state index in [1.54, 1.807) is 0 Å². The molecule has 1 aromatic rings. The molecule has 0 spiro atoms. The number of aryl methyl sites for hydroxylation is 3. The zero-order valence-corrected chi connectivity index (χ0v) is 14.4. The lowest BCUT2D eigenvalue weighted by Gasteiger charge is -2.34. The van der Waals surface area contributed by atoms with Crippen molar-refractivity contribution in [2.45, 2.75) is 84.8 Å². The minimum absolute atomic E-state index is 0.152. The Morgan fingerprint density at radius 1 is 1.29 bits per heavy atom. The lowest BCUT2D eigenvalue weighted by atomic mass is 9.90. The molecule has 0 saturated carbocycles. The van der Waals surface area contributed by atoms with Crippen molar-refractivity contribution in [3.63, 3.8) is 0 Å². The van der Waals surface area contributed by atoms with E-state index >= 15 is 0 Å². The van der Waals surface area contributed by atoms with Gasteiger partial charge in [0, 0.05) is 23.8 Å². The number of hydrogen-bond donors (Lipinski definition) is 2. The van der Waals surface area contributed by atoms with Crippen LogP contribution in [0.3, 0.4) is 0 Å². The fourth-order valence-electron chi connectivity index (χ4n) is 2.93. The highest BCUT2D eigenvalue weighted by molar-refractivity contribution is 5.10. The molecule has 122 valence electrons. The van der Waals surface area contributed by atoms with Gasteiger partial charge in [0.1, 0.15) is 0 Å². The molecule has 21 heavy (non-hydrogen) atoms. The number of aliphatic hydroxyl groups is 1. The molecule has 1 unspecified atom stereocenters. The normalized spacial score (nSPS) is 14.6. The van der Waals surface area contributed by atoms with Gasteiger partial charge < -0.3 is 10.4 Å². The average molecular weight is 295 g/mol. The van der Waals surface area contributed by atoms with Gasteiger partial charge in [-0.1, -0.05) is 34.6 Å². The third-order valence-electron chi connectivity index (χ3n) is 4.24. The third-order valence-corrected chi connectivity index (χ3v) is 4.24. The van der Waals surface area contributed by atoms with Gasteiger partial charge in [0.2, 0.25) is 0 Å². The van der Waals surface area contributed by atoms with Gasteiger partial charge >= 0.3 is 0 Å². The van der Waals surface area contributed by atoms with E-state index in [1.807, 2.05) is 0 Å². The Morgan fingerprint density at radius 2 is 2.00 bits per heavy atom. The van der Waals surface area contributed by atoms with Gasteiger partial charge in [-0.3, -0.25) is 4.68 Å². The van der Waals surface area contributed by atoms with E-state index in [0.29, 0.717) is 6.04 Å². The zero-order chi connectivity index (χ0) is 15.9. The summed E-state index contributed by atoms with van der Waals surface area (Å²) in [6.07, 6.45) is 4.97. The van der Waals surface area contributed by atoms with Gasteiger partial charge in [-0.05, 0) is 38.2 Å². The Kier molecular flexibility index (Phi) is 7.40. The molecule has 1 rings (SSSR count). The predicted molar refractivity (Wildman–Crippen MR) is 88.6 cm³/mol. The summed E-state index contributed by atoms with van der Waals surface area (Å²) in [5, 5.41) is 18.0. The highest BCUT2D eigenvalue weighted by atomic mass is 16.3. The summed E-state index contributed by atoms with van der Waals surface area (Å²) >= 11 is 0. The minimum atomic E-state index is -0.152. The first-order valence-corrected chi connectivity index (χ1v) is 8.44. The van der Waals surface area contributed by atoms with Gasteiger partial charge in [-0.15, -0.1) is 0 Å². The van der Waals surface area contributed by atoms with Crippen LogP contribution in [0.5, 0.6) is 0 Å². The van der Waals surface area contributed by atoms with Gasteiger partial charge in [-0.25, -0.2) is 0 Å². The molecule has 4 nitrogen and oxygen atoms in total. The number of rotatable bonds is 10. The van der Waals surface area contributed by atoms with E-state index in [9.17, 15) is 5.11 Å². The molecular formula is C17H33N3O. The summed E-state index contributed by atoms with van der Waals surface area (Å²) in [5.74, 6) is 0. The highest BCUT2D eigenvalue weighted by Gasteiger charge is 2.27. The molecule has 0 aromatic carbocycles. The van der Waals surface area contributed by atoms with Crippen molar-refractivity contribution >= 4 is 0 Å². The number of nitrogens with zero attached hydrogens (tertiary/aromatic N) is 2.